The molecule has 0 saturated heterocycles. The van der Waals surface area contributed by atoms with Gasteiger partial charge in [0.15, 0.2) is 5.13 Å². The number of thioether (sulfide) groups is 1. The number of ether oxygens (including phenoxy) is 1. The molecular formula is C21H22N2O2S2. The van der Waals surface area contributed by atoms with Gasteiger partial charge < -0.3 is 10.1 Å². The second-order valence-corrected chi connectivity index (χ2v) is 7.83. The number of aromatic nitrogens is 1. The minimum absolute atomic E-state index is 0.0104. The maximum atomic E-state index is 12.1. The average Bonchev–Trinajstić information content (AvgIpc) is 3.15. The van der Waals surface area contributed by atoms with Crippen LogP contribution < -0.4 is 10.1 Å². The molecule has 0 fully saturated rings. The highest BCUT2D eigenvalue weighted by atomic mass is 32.2. The normalized spacial score (nSPS) is 10.6. The Morgan fingerprint density at radius 3 is 2.67 bits per heavy atom. The lowest BCUT2D eigenvalue weighted by Crippen LogP contribution is -2.11. The summed E-state index contributed by atoms with van der Waals surface area (Å²) in [6.45, 7) is 2.61. The molecule has 0 aliphatic heterocycles. The second-order valence-electron chi connectivity index (χ2n) is 5.81. The predicted molar refractivity (Wildman–Crippen MR) is 114 cm³/mol. The molecule has 0 aliphatic rings. The molecule has 3 rings (SSSR count). The smallest absolute Gasteiger partial charge is 0.226 e. The SMILES string of the molecule is CCOc1ccc(-c2csc(NC(=O)CCCSc3ccccc3)n2)cc1. The Balaban J connectivity index is 1.44. The van der Waals surface area contributed by atoms with E-state index in [-0.39, 0.29) is 5.91 Å². The third kappa shape index (κ3) is 6.12. The zero-order valence-electron chi connectivity index (χ0n) is 15.2. The van der Waals surface area contributed by atoms with Crippen molar-refractivity contribution < 1.29 is 9.53 Å². The van der Waals surface area contributed by atoms with Crippen LogP contribution in [0.1, 0.15) is 19.8 Å². The van der Waals surface area contributed by atoms with Gasteiger partial charge in [-0.05, 0) is 55.5 Å². The number of rotatable bonds is 9. The van der Waals surface area contributed by atoms with Crippen molar-refractivity contribution in [1.29, 1.82) is 0 Å². The summed E-state index contributed by atoms with van der Waals surface area (Å²) in [4.78, 5) is 17.9. The third-order valence-electron chi connectivity index (χ3n) is 3.77. The highest BCUT2D eigenvalue weighted by Crippen LogP contribution is 2.27. The summed E-state index contributed by atoms with van der Waals surface area (Å²) in [5, 5.41) is 5.49. The van der Waals surface area contributed by atoms with Crippen molar-refractivity contribution in [3.05, 3.63) is 60.0 Å². The van der Waals surface area contributed by atoms with Crippen LogP contribution in [-0.2, 0) is 4.79 Å². The number of hydrogen-bond acceptors (Lipinski definition) is 5. The van der Waals surface area contributed by atoms with Gasteiger partial charge in [0, 0.05) is 22.3 Å². The molecule has 3 aromatic rings. The Bertz CT molecular complexity index is 848. The molecule has 1 N–H and O–H groups in total. The van der Waals surface area contributed by atoms with Crippen molar-refractivity contribution in [1.82, 2.24) is 4.98 Å². The van der Waals surface area contributed by atoms with Crippen LogP contribution in [0, 0.1) is 0 Å². The minimum atomic E-state index is 0.0104. The summed E-state index contributed by atoms with van der Waals surface area (Å²) in [5.41, 5.74) is 1.87. The Labute approximate surface area is 168 Å². The number of benzene rings is 2. The Hall–Kier alpha value is -2.31. The van der Waals surface area contributed by atoms with Gasteiger partial charge in [0.05, 0.1) is 12.3 Å². The molecule has 0 unspecified atom stereocenters. The first kappa shape index (κ1) is 19.5. The average molecular weight is 399 g/mol. The molecule has 0 atom stereocenters. The number of nitrogens with zero attached hydrogens (tertiary/aromatic N) is 1. The number of thiazole rings is 1. The number of nitrogens with one attached hydrogen (secondary N) is 1. The summed E-state index contributed by atoms with van der Waals surface area (Å²) in [5.74, 6) is 1.78. The van der Waals surface area contributed by atoms with Crippen molar-refractivity contribution in [3.8, 4) is 17.0 Å². The van der Waals surface area contributed by atoms with Gasteiger partial charge in [0.1, 0.15) is 5.75 Å². The van der Waals surface area contributed by atoms with Gasteiger partial charge in [-0.15, -0.1) is 23.1 Å². The monoisotopic (exact) mass is 398 g/mol. The van der Waals surface area contributed by atoms with Gasteiger partial charge in [0.2, 0.25) is 5.91 Å². The fourth-order valence-electron chi connectivity index (χ4n) is 2.47. The van der Waals surface area contributed by atoms with Crippen LogP contribution in [0.15, 0.2) is 64.9 Å². The number of anilines is 1. The summed E-state index contributed by atoms with van der Waals surface area (Å²) >= 11 is 3.22. The molecule has 0 bridgehead atoms. The lowest BCUT2D eigenvalue weighted by molar-refractivity contribution is -0.116. The van der Waals surface area contributed by atoms with E-state index < -0.39 is 0 Å². The van der Waals surface area contributed by atoms with Gasteiger partial charge in [-0.2, -0.15) is 0 Å². The fourth-order valence-corrected chi connectivity index (χ4v) is 4.08. The van der Waals surface area contributed by atoms with E-state index >= 15 is 0 Å². The largest absolute Gasteiger partial charge is 0.494 e. The van der Waals surface area contributed by atoms with Gasteiger partial charge in [0.25, 0.3) is 0 Å². The molecular weight excluding hydrogens is 376 g/mol. The van der Waals surface area contributed by atoms with Gasteiger partial charge in [-0.25, -0.2) is 4.98 Å². The summed E-state index contributed by atoms with van der Waals surface area (Å²) in [7, 11) is 0. The van der Waals surface area contributed by atoms with Crippen LogP contribution in [0.3, 0.4) is 0 Å². The molecule has 6 heteroatoms. The van der Waals surface area contributed by atoms with Crippen LogP contribution in [0.25, 0.3) is 11.3 Å². The fraction of sp³-hybridized carbons (Fsp3) is 0.238. The molecule has 0 aliphatic carbocycles. The van der Waals surface area contributed by atoms with E-state index in [1.807, 2.05) is 54.8 Å². The van der Waals surface area contributed by atoms with Crippen molar-refractivity contribution in [2.75, 3.05) is 17.7 Å². The van der Waals surface area contributed by atoms with Crippen LogP contribution in [0.2, 0.25) is 0 Å². The standard InChI is InChI=1S/C21H22N2O2S2/c1-2-25-17-12-10-16(11-13-17)19-15-27-21(22-19)23-20(24)9-6-14-26-18-7-4-3-5-8-18/h3-5,7-8,10-13,15H,2,6,9,14H2,1H3,(H,22,23,24). The molecule has 27 heavy (non-hydrogen) atoms. The van der Waals surface area contributed by atoms with E-state index in [2.05, 4.69) is 22.4 Å². The molecule has 1 heterocycles. The van der Waals surface area contributed by atoms with Crippen LogP contribution in [0.5, 0.6) is 5.75 Å². The van der Waals surface area contributed by atoms with E-state index in [0.29, 0.717) is 18.2 Å². The maximum absolute atomic E-state index is 12.1. The van der Waals surface area contributed by atoms with Crippen LogP contribution >= 0.6 is 23.1 Å². The first-order valence-corrected chi connectivity index (χ1v) is 10.8. The molecule has 4 nitrogen and oxygen atoms in total. The van der Waals surface area contributed by atoms with Crippen LogP contribution in [0.4, 0.5) is 5.13 Å². The molecule has 1 amide bonds. The summed E-state index contributed by atoms with van der Waals surface area (Å²) in [6.07, 6.45) is 1.33. The van der Waals surface area contributed by atoms with E-state index in [1.54, 1.807) is 11.8 Å². The molecule has 2 aromatic carbocycles. The first-order valence-electron chi connectivity index (χ1n) is 8.91. The molecule has 0 spiro atoms. The first-order chi connectivity index (χ1) is 13.2. The van der Waals surface area contributed by atoms with E-state index in [0.717, 1.165) is 29.2 Å². The summed E-state index contributed by atoms with van der Waals surface area (Å²) in [6, 6.07) is 18.1. The van der Waals surface area contributed by atoms with E-state index in [4.69, 9.17) is 4.74 Å². The molecule has 0 saturated carbocycles. The van der Waals surface area contributed by atoms with Gasteiger partial charge >= 0.3 is 0 Å². The van der Waals surface area contributed by atoms with Gasteiger partial charge in [-0.3, -0.25) is 4.79 Å². The number of carbonyl (C=O) groups is 1. The van der Waals surface area contributed by atoms with Crippen LogP contribution in [-0.4, -0.2) is 23.3 Å². The Morgan fingerprint density at radius 2 is 1.93 bits per heavy atom. The van der Waals surface area contributed by atoms with E-state index in [9.17, 15) is 4.79 Å². The second kappa shape index (κ2) is 10.1. The highest BCUT2D eigenvalue weighted by molar-refractivity contribution is 7.99. The lowest BCUT2D eigenvalue weighted by Gasteiger charge is -2.03. The van der Waals surface area contributed by atoms with Crippen molar-refractivity contribution in [2.24, 2.45) is 0 Å². The summed E-state index contributed by atoms with van der Waals surface area (Å²) < 4.78 is 5.45. The lowest BCUT2D eigenvalue weighted by atomic mass is 10.2. The zero-order chi connectivity index (χ0) is 18.9. The Morgan fingerprint density at radius 1 is 1.15 bits per heavy atom. The predicted octanol–water partition coefficient (Wildman–Crippen LogP) is 5.72. The maximum Gasteiger partial charge on any atom is 0.226 e. The number of hydrogen-bond donors (Lipinski definition) is 1. The number of carbonyl (C=O) groups excluding carboxylic acids is 1. The van der Waals surface area contributed by atoms with E-state index in [1.165, 1.54) is 16.2 Å². The zero-order valence-corrected chi connectivity index (χ0v) is 16.8. The molecule has 140 valence electrons. The Kier molecular flexibility index (Phi) is 7.30. The molecule has 1 aromatic heterocycles. The topological polar surface area (TPSA) is 51.2 Å². The number of amides is 1. The third-order valence-corrected chi connectivity index (χ3v) is 5.63. The minimum Gasteiger partial charge on any atom is -0.494 e. The van der Waals surface area contributed by atoms with Crippen molar-refractivity contribution >= 4 is 34.1 Å². The van der Waals surface area contributed by atoms with Crippen molar-refractivity contribution in [3.63, 3.8) is 0 Å². The quantitative estimate of drug-likeness (QED) is 0.370. The highest BCUT2D eigenvalue weighted by Gasteiger charge is 2.08. The van der Waals surface area contributed by atoms with Crippen molar-refractivity contribution in [2.45, 2.75) is 24.7 Å². The molecule has 0 radical (unpaired) electrons. The van der Waals surface area contributed by atoms with Gasteiger partial charge in [-0.1, -0.05) is 18.2 Å².